The summed E-state index contributed by atoms with van der Waals surface area (Å²) in [7, 11) is 1.57. The van der Waals surface area contributed by atoms with Crippen molar-refractivity contribution in [3.63, 3.8) is 0 Å². The average molecular weight is 404 g/mol. The zero-order valence-electron chi connectivity index (χ0n) is 16.3. The number of carboxylic acid groups (broad SMARTS) is 1. The van der Waals surface area contributed by atoms with Gasteiger partial charge in [-0.1, -0.05) is 6.07 Å². The van der Waals surface area contributed by atoms with E-state index in [4.69, 9.17) is 4.74 Å². The normalized spacial score (nSPS) is 31.7. The summed E-state index contributed by atoms with van der Waals surface area (Å²) in [6.45, 7) is 0.237. The number of carbonyl (C=O) groups is 3. The van der Waals surface area contributed by atoms with E-state index in [-0.39, 0.29) is 37.0 Å². The van der Waals surface area contributed by atoms with Crippen LogP contribution >= 0.6 is 0 Å². The molecule has 3 amide bonds. The van der Waals surface area contributed by atoms with Gasteiger partial charge < -0.3 is 9.84 Å². The zero-order chi connectivity index (χ0) is 20.8. The van der Waals surface area contributed by atoms with Gasteiger partial charge in [-0.3, -0.25) is 19.8 Å². The van der Waals surface area contributed by atoms with Gasteiger partial charge in [-0.15, -0.1) is 0 Å². The molecule has 2 aliphatic carbocycles. The van der Waals surface area contributed by atoms with Crippen molar-refractivity contribution in [2.75, 3.05) is 18.6 Å². The van der Waals surface area contributed by atoms with Gasteiger partial charge in [-0.05, 0) is 61.1 Å². The molecule has 2 N–H and O–H groups in total. The highest BCUT2D eigenvalue weighted by Gasteiger charge is 2.54. The summed E-state index contributed by atoms with van der Waals surface area (Å²) in [5, 5.41) is 11.4. The van der Waals surface area contributed by atoms with Gasteiger partial charge in [-0.25, -0.2) is 9.18 Å². The number of benzene rings is 1. The zero-order valence-corrected chi connectivity index (χ0v) is 16.3. The third kappa shape index (κ3) is 3.73. The molecule has 0 spiro atoms. The number of rotatable bonds is 5. The molecule has 1 aromatic carbocycles. The van der Waals surface area contributed by atoms with Crippen molar-refractivity contribution in [1.29, 1.82) is 0 Å². The Morgan fingerprint density at radius 3 is 2.55 bits per heavy atom. The minimum atomic E-state index is -0.857. The van der Waals surface area contributed by atoms with Crippen molar-refractivity contribution in [3.8, 4) is 0 Å². The van der Waals surface area contributed by atoms with Crippen molar-refractivity contribution < 1.29 is 28.6 Å². The fourth-order valence-corrected chi connectivity index (χ4v) is 5.17. The van der Waals surface area contributed by atoms with Crippen LogP contribution in [-0.4, -0.2) is 42.3 Å². The Labute approximate surface area is 168 Å². The third-order valence-electron chi connectivity index (χ3n) is 6.81. The van der Waals surface area contributed by atoms with Crippen LogP contribution < -0.4 is 10.2 Å². The van der Waals surface area contributed by atoms with Gasteiger partial charge in [-0.2, -0.15) is 0 Å². The number of ether oxygens (including phenoxy) is 1. The first kappa shape index (κ1) is 19.8. The molecule has 0 radical (unpaired) electrons. The van der Waals surface area contributed by atoms with Crippen LogP contribution in [0.3, 0.4) is 0 Å². The van der Waals surface area contributed by atoms with E-state index in [1.807, 2.05) is 0 Å². The fourth-order valence-electron chi connectivity index (χ4n) is 5.17. The maximum atomic E-state index is 14.9. The van der Waals surface area contributed by atoms with Crippen molar-refractivity contribution in [2.24, 2.45) is 11.8 Å². The predicted octanol–water partition coefficient (Wildman–Crippen LogP) is 3.04. The Hall–Kier alpha value is -2.48. The number of urea groups is 1. The second-order valence-corrected chi connectivity index (χ2v) is 8.35. The molecule has 1 aliphatic heterocycles. The minimum Gasteiger partial charge on any atom is -0.481 e. The highest BCUT2D eigenvalue weighted by atomic mass is 19.1. The first-order chi connectivity index (χ1) is 13.8. The quantitative estimate of drug-likeness (QED) is 0.786. The summed E-state index contributed by atoms with van der Waals surface area (Å²) < 4.78 is 20.5. The number of carboxylic acids is 1. The van der Waals surface area contributed by atoms with Crippen LogP contribution in [0.4, 0.5) is 14.9 Å². The molecular weight excluding hydrogens is 379 g/mol. The van der Waals surface area contributed by atoms with E-state index in [2.05, 4.69) is 5.32 Å². The van der Waals surface area contributed by atoms with Crippen LogP contribution in [-0.2, 0) is 14.3 Å². The first-order valence-electron chi connectivity index (χ1n) is 10.0. The van der Waals surface area contributed by atoms with Crippen LogP contribution in [0.2, 0.25) is 0 Å². The lowest BCUT2D eigenvalue weighted by Crippen LogP contribution is -2.49. The minimum absolute atomic E-state index is 0.00291. The topological polar surface area (TPSA) is 95.9 Å². The molecule has 1 heterocycles. The lowest BCUT2D eigenvalue weighted by Gasteiger charge is -2.30. The monoisotopic (exact) mass is 404 g/mol. The molecule has 4 rings (SSSR count). The van der Waals surface area contributed by atoms with E-state index in [9.17, 15) is 23.9 Å². The number of methoxy groups -OCH3 is 1. The van der Waals surface area contributed by atoms with Gasteiger partial charge in [0.15, 0.2) is 0 Å². The first-order valence-corrected chi connectivity index (χ1v) is 10.0. The molecule has 8 heteroatoms. The summed E-state index contributed by atoms with van der Waals surface area (Å²) in [6, 6.07) is 4.32. The smallest absolute Gasteiger partial charge is 0.328 e. The number of carbonyl (C=O) groups excluding carboxylic acids is 2. The van der Waals surface area contributed by atoms with Gasteiger partial charge in [0.25, 0.3) is 0 Å². The molecule has 0 bridgehead atoms. The maximum absolute atomic E-state index is 14.9. The molecule has 3 fully saturated rings. The van der Waals surface area contributed by atoms with Crippen molar-refractivity contribution in [2.45, 2.75) is 50.0 Å². The van der Waals surface area contributed by atoms with Gasteiger partial charge in [0.05, 0.1) is 12.0 Å². The third-order valence-corrected chi connectivity index (χ3v) is 6.81. The molecule has 29 heavy (non-hydrogen) atoms. The van der Waals surface area contributed by atoms with Gasteiger partial charge in [0.1, 0.15) is 5.82 Å². The number of anilines is 1. The summed E-state index contributed by atoms with van der Waals surface area (Å²) in [5.74, 6) is -0.732. The van der Waals surface area contributed by atoms with Crippen LogP contribution in [0.25, 0.3) is 0 Å². The molecule has 156 valence electrons. The van der Waals surface area contributed by atoms with Crippen LogP contribution in [0.5, 0.6) is 0 Å². The van der Waals surface area contributed by atoms with E-state index in [1.54, 1.807) is 19.2 Å². The highest BCUT2D eigenvalue weighted by Crippen LogP contribution is 2.62. The Morgan fingerprint density at radius 2 is 2.00 bits per heavy atom. The molecule has 7 nitrogen and oxygen atoms in total. The van der Waals surface area contributed by atoms with Crippen molar-refractivity contribution in [1.82, 2.24) is 5.32 Å². The molecule has 1 aromatic rings. The van der Waals surface area contributed by atoms with Crippen LogP contribution in [0, 0.1) is 17.7 Å². The Morgan fingerprint density at radius 1 is 1.31 bits per heavy atom. The summed E-state index contributed by atoms with van der Waals surface area (Å²) in [4.78, 5) is 35.8. The Kier molecular flexibility index (Phi) is 5.06. The summed E-state index contributed by atoms with van der Waals surface area (Å²) >= 11 is 0. The SMILES string of the molecule is COC1(CC(=O)O)CCC2C(c3ccc(N4CCC(=O)NC4=O)cc3F)[C@@H]2CC1. The van der Waals surface area contributed by atoms with Crippen molar-refractivity contribution in [3.05, 3.63) is 29.6 Å². The van der Waals surface area contributed by atoms with Gasteiger partial charge in [0, 0.05) is 25.8 Å². The Balaban J connectivity index is 1.46. The molecule has 4 atom stereocenters. The van der Waals surface area contributed by atoms with E-state index in [0.717, 1.165) is 12.8 Å². The lowest BCUT2D eigenvalue weighted by molar-refractivity contribution is -0.145. The molecule has 0 aromatic heterocycles. The number of aliphatic carboxylic acids is 1. The molecular formula is C21H25FN2O5. The second kappa shape index (κ2) is 7.40. The number of halogens is 1. The standard InChI is InChI=1S/C21H25FN2O5/c1-29-21(11-18(26)27)7-4-13-14(5-8-21)19(13)15-3-2-12(10-16(15)22)24-9-6-17(25)23-20(24)28/h2-3,10,13-14,19H,4-9,11H2,1H3,(H,26,27)(H,23,25,28)/t13-,14?,19?,21?/m1/s1. The second-order valence-electron chi connectivity index (χ2n) is 8.35. The van der Waals surface area contributed by atoms with Crippen molar-refractivity contribution >= 4 is 23.6 Å². The molecule has 2 saturated carbocycles. The van der Waals surface area contributed by atoms with E-state index in [0.29, 0.717) is 35.9 Å². The summed E-state index contributed by atoms with van der Waals surface area (Å²) in [6.07, 6.45) is 3.14. The predicted molar refractivity (Wildman–Crippen MR) is 102 cm³/mol. The maximum Gasteiger partial charge on any atom is 0.328 e. The molecule has 3 unspecified atom stereocenters. The number of fused-ring (bicyclic) bond motifs is 1. The average Bonchev–Trinajstić information content (AvgIpc) is 3.38. The number of imide groups is 1. The lowest BCUT2D eigenvalue weighted by atomic mass is 9.87. The van der Waals surface area contributed by atoms with Crippen LogP contribution in [0.1, 0.15) is 50.0 Å². The number of amides is 3. The van der Waals surface area contributed by atoms with E-state index >= 15 is 0 Å². The van der Waals surface area contributed by atoms with E-state index < -0.39 is 17.6 Å². The summed E-state index contributed by atoms with van der Waals surface area (Å²) in [5.41, 5.74) is 0.475. The highest BCUT2D eigenvalue weighted by molar-refractivity contribution is 6.05. The number of hydrogen-bond donors (Lipinski definition) is 2. The molecule has 3 aliphatic rings. The Bertz CT molecular complexity index is 843. The van der Waals surface area contributed by atoms with E-state index in [1.165, 1.54) is 11.0 Å². The van der Waals surface area contributed by atoms with Crippen LogP contribution in [0.15, 0.2) is 18.2 Å². The molecule has 1 saturated heterocycles. The largest absolute Gasteiger partial charge is 0.481 e. The number of nitrogens with one attached hydrogen (secondary N) is 1. The number of nitrogens with zero attached hydrogens (tertiary/aromatic N) is 1. The van der Waals surface area contributed by atoms with Gasteiger partial charge >= 0.3 is 12.0 Å². The fraction of sp³-hybridized carbons (Fsp3) is 0.571. The van der Waals surface area contributed by atoms with Gasteiger partial charge in [0.2, 0.25) is 5.91 Å². The number of hydrogen-bond acceptors (Lipinski definition) is 4.